The maximum Gasteiger partial charge on any atom is 0.325 e. The second kappa shape index (κ2) is 8.77. The molecule has 0 spiro atoms. The molecule has 1 aliphatic heterocycles. The van der Waals surface area contributed by atoms with Gasteiger partial charge in [0.25, 0.3) is 11.8 Å². The van der Waals surface area contributed by atoms with E-state index in [1.807, 2.05) is 6.07 Å². The predicted octanol–water partition coefficient (Wildman–Crippen LogP) is 2.84. The Labute approximate surface area is 185 Å². The van der Waals surface area contributed by atoms with Crippen molar-refractivity contribution in [3.05, 3.63) is 64.7 Å². The maximum absolute atomic E-state index is 13.1. The van der Waals surface area contributed by atoms with Gasteiger partial charge in [0.2, 0.25) is 5.91 Å². The number of rotatable bonds is 6. The van der Waals surface area contributed by atoms with Crippen molar-refractivity contribution in [2.75, 3.05) is 26.0 Å². The predicted molar refractivity (Wildman–Crippen MR) is 117 cm³/mol. The Morgan fingerprint density at radius 2 is 1.81 bits per heavy atom. The zero-order valence-electron chi connectivity index (χ0n) is 17.4. The monoisotopic (exact) mass is 442 g/mol. The summed E-state index contributed by atoms with van der Waals surface area (Å²) >= 11 is 6.09. The summed E-state index contributed by atoms with van der Waals surface area (Å²) in [6.07, 6.45) is 0.340. The average molecular weight is 443 g/mol. The smallest absolute Gasteiger partial charge is 0.325 e. The molecule has 0 aromatic heterocycles. The molecule has 0 saturated carbocycles. The van der Waals surface area contributed by atoms with Gasteiger partial charge >= 0.3 is 6.03 Å². The number of anilines is 1. The second-order valence-electron chi connectivity index (χ2n) is 7.39. The number of imide groups is 1. The standard InChI is InChI=1S/C22H23ClN4O4/c1-4-22(14-8-6-5-7-9-14)20(30)27(21(31)25-22)13-18(28)24-15-10-11-17(23)16(12-15)19(29)26(2)3/h5-12H,4,13H2,1-3H3,(H,24,28)(H,25,31). The molecule has 1 fully saturated rings. The summed E-state index contributed by atoms with van der Waals surface area (Å²) in [4.78, 5) is 52.7. The second-order valence-corrected chi connectivity index (χ2v) is 7.80. The van der Waals surface area contributed by atoms with Crippen LogP contribution in [0.2, 0.25) is 5.02 Å². The first-order chi connectivity index (χ1) is 14.7. The van der Waals surface area contributed by atoms with Crippen LogP contribution in [0.25, 0.3) is 0 Å². The van der Waals surface area contributed by atoms with Gasteiger partial charge in [-0.15, -0.1) is 0 Å². The minimum Gasteiger partial charge on any atom is -0.345 e. The average Bonchev–Trinajstić information content (AvgIpc) is 3.00. The van der Waals surface area contributed by atoms with Crippen molar-refractivity contribution in [1.29, 1.82) is 0 Å². The lowest BCUT2D eigenvalue weighted by Gasteiger charge is -2.25. The van der Waals surface area contributed by atoms with Gasteiger partial charge in [0.15, 0.2) is 0 Å². The number of hydrogen-bond acceptors (Lipinski definition) is 4. The zero-order valence-corrected chi connectivity index (χ0v) is 18.2. The molecule has 162 valence electrons. The normalized spacial score (nSPS) is 18.0. The summed E-state index contributed by atoms with van der Waals surface area (Å²) in [6, 6.07) is 12.8. The lowest BCUT2D eigenvalue weighted by atomic mass is 9.87. The van der Waals surface area contributed by atoms with Gasteiger partial charge in [-0.05, 0) is 30.2 Å². The molecular formula is C22H23ClN4O4. The van der Waals surface area contributed by atoms with Crippen LogP contribution in [-0.4, -0.2) is 54.2 Å². The number of carbonyl (C=O) groups excluding carboxylic acids is 4. The van der Waals surface area contributed by atoms with Gasteiger partial charge < -0.3 is 15.5 Å². The van der Waals surface area contributed by atoms with Crippen LogP contribution >= 0.6 is 11.6 Å². The van der Waals surface area contributed by atoms with Crippen LogP contribution in [0.4, 0.5) is 10.5 Å². The molecule has 2 aromatic rings. The Balaban J connectivity index is 1.77. The Morgan fingerprint density at radius 3 is 2.42 bits per heavy atom. The van der Waals surface area contributed by atoms with Crippen molar-refractivity contribution >= 4 is 41.0 Å². The fourth-order valence-corrected chi connectivity index (χ4v) is 3.68. The first-order valence-corrected chi connectivity index (χ1v) is 10.1. The highest BCUT2D eigenvalue weighted by molar-refractivity contribution is 6.34. The summed E-state index contributed by atoms with van der Waals surface area (Å²) in [5, 5.41) is 5.60. The first-order valence-electron chi connectivity index (χ1n) is 9.70. The van der Waals surface area contributed by atoms with E-state index in [2.05, 4.69) is 10.6 Å². The molecule has 2 aromatic carbocycles. The minimum absolute atomic E-state index is 0.230. The molecule has 1 aliphatic rings. The molecule has 1 saturated heterocycles. The summed E-state index contributed by atoms with van der Waals surface area (Å²) in [7, 11) is 3.18. The van der Waals surface area contributed by atoms with E-state index < -0.39 is 29.9 Å². The summed E-state index contributed by atoms with van der Waals surface area (Å²) in [5.74, 6) is -1.37. The van der Waals surface area contributed by atoms with E-state index in [-0.39, 0.29) is 16.5 Å². The van der Waals surface area contributed by atoms with Gasteiger partial charge in [0.05, 0.1) is 10.6 Å². The number of nitrogens with zero attached hydrogens (tertiary/aromatic N) is 2. The molecular weight excluding hydrogens is 420 g/mol. The largest absolute Gasteiger partial charge is 0.345 e. The van der Waals surface area contributed by atoms with Gasteiger partial charge in [-0.25, -0.2) is 4.79 Å². The molecule has 8 nitrogen and oxygen atoms in total. The van der Waals surface area contributed by atoms with Gasteiger partial charge in [-0.2, -0.15) is 0 Å². The van der Waals surface area contributed by atoms with Crippen LogP contribution in [0, 0.1) is 0 Å². The highest BCUT2D eigenvalue weighted by Gasteiger charge is 2.51. The van der Waals surface area contributed by atoms with E-state index in [1.54, 1.807) is 51.4 Å². The van der Waals surface area contributed by atoms with Crippen molar-refractivity contribution in [2.24, 2.45) is 0 Å². The number of benzene rings is 2. The van der Waals surface area contributed by atoms with Crippen molar-refractivity contribution in [2.45, 2.75) is 18.9 Å². The molecule has 31 heavy (non-hydrogen) atoms. The number of hydrogen-bond donors (Lipinski definition) is 2. The van der Waals surface area contributed by atoms with E-state index in [9.17, 15) is 19.2 Å². The lowest BCUT2D eigenvalue weighted by molar-refractivity contribution is -0.134. The van der Waals surface area contributed by atoms with E-state index in [4.69, 9.17) is 11.6 Å². The molecule has 5 amide bonds. The molecule has 1 atom stereocenters. The van der Waals surface area contributed by atoms with Gasteiger partial charge in [-0.3, -0.25) is 19.3 Å². The Morgan fingerprint density at radius 1 is 1.13 bits per heavy atom. The number of amides is 5. The van der Waals surface area contributed by atoms with Crippen molar-refractivity contribution in [1.82, 2.24) is 15.1 Å². The SMILES string of the molecule is CCC1(c2ccccc2)NC(=O)N(CC(=O)Nc2ccc(Cl)c(C(=O)N(C)C)c2)C1=O. The van der Waals surface area contributed by atoms with Gasteiger partial charge in [-0.1, -0.05) is 48.9 Å². The molecule has 2 N–H and O–H groups in total. The third kappa shape index (κ3) is 4.25. The van der Waals surface area contributed by atoms with Crippen molar-refractivity contribution in [3.8, 4) is 0 Å². The third-order valence-electron chi connectivity index (χ3n) is 5.16. The molecule has 3 rings (SSSR count). The lowest BCUT2D eigenvalue weighted by Crippen LogP contribution is -2.44. The van der Waals surface area contributed by atoms with E-state index in [1.165, 1.54) is 17.0 Å². The summed E-state index contributed by atoms with van der Waals surface area (Å²) < 4.78 is 0. The van der Waals surface area contributed by atoms with Crippen molar-refractivity contribution in [3.63, 3.8) is 0 Å². The van der Waals surface area contributed by atoms with E-state index in [0.717, 1.165) is 4.90 Å². The Bertz CT molecular complexity index is 1040. The highest BCUT2D eigenvalue weighted by Crippen LogP contribution is 2.32. The number of halogens is 1. The zero-order chi connectivity index (χ0) is 22.8. The molecule has 0 bridgehead atoms. The fourth-order valence-electron chi connectivity index (χ4n) is 3.48. The minimum atomic E-state index is -1.20. The Kier molecular flexibility index (Phi) is 6.31. The molecule has 9 heteroatoms. The van der Waals surface area contributed by atoms with Crippen LogP contribution in [0.1, 0.15) is 29.3 Å². The molecule has 0 aliphatic carbocycles. The van der Waals surface area contributed by atoms with Crippen LogP contribution in [0.3, 0.4) is 0 Å². The quantitative estimate of drug-likeness (QED) is 0.672. The van der Waals surface area contributed by atoms with Crippen LogP contribution in [0.15, 0.2) is 48.5 Å². The van der Waals surface area contributed by atoms with Crippen molar-refractivity contribution < 1.29 is 19.2 Å². The maximum atomic E-state index is 13.1. The first kappa shape index (κ1) is 22.3. The summed E-state index contributed by atoms with van der Waals surface area (Å²) in [5.41, 5.74) is 0.0119. The fraction of sp³-hybridized carbons (Fsp3) is 0.273. The third-order valence-corrected chi connectivity index (χ3v) is 5.49. The molecule has 1 heterocycles. The number of urea groups is 1. The number of nitrogens with one attached hydrogen (secondary N) is 2. The molecule has 1 unspecified atom stereocenters. The topological polar surface area (TPSA) is 98.8 Å². The van der Waals surface area contributed by atoms with Gasteiger partial charge in [0, 0.05) is 19.8 Å². The van der Waals surface area contributed by atoms with E-state index >= 15 is 0 Å². The number of carbonyl (C=O) groups is 4. The summed E-state index contributed by atoms with van der Waals surface area (Å²) in [6.45, 7) is 1.34. The Hall–Kier alpha value is -3.39. The highest BCUT2D eigenvalue weighted by atomic mass is 35.5. The van der Waals surface area contributed by atoms with Crippen LogP contribution in [-0.2, 0) is 15.1 Å². The van der Waals surface area contributed by atoms with Gasteiger partial charge in [0.1, 0.15) is 12.1 Å². The van der Waals surface area contributed by atoms with E-state index in [0.29, 0.717) is 17.7 Å². The van der Waals surface area contributed by atoms with Crippen LogP contribution < -0.4 is 10.6 Å². The molecule has 0 radical (unpaired) electrons. The van der Waals surface area contributed by atoms with Crippen LogP contribution in [0.5, 0.6) is 0 Å².